The molecule has 1 amide bonds. The molecule has 3 rings (SSSR count). The Balaban J connectivity index is 2.11. The van der Waals surface area contributed by atoms with Crippen LogP contribution in [-0.2, 0) is 0 Å². The zero-order valence-electron chi connectivity index (χ0n) is 10.9. The predicted molar refractivity (Wildman–Crippen MR) is 76.7 cm³/mol. The number of pyridine rings is 1. The van der Waals surface area contributed by atoms with Crippen LogP contribution in [-0.4, -0.2) is 22.7 Å². The van der Waals surface area contributed by atoms with E-state index in [1.165, 1.54) is 4.57 Å². The molecule has 20 heavy (non-hydrogen) atoms. The van der Waals surface area contributed by atoms with Crippen molar-refractivity contribution < 1.29 is 9.53 Å². The maximum Gasteiger partial charge on any atom is 0.324 e. The van der Waals surface area contributed by atoms with Crippen molar-refractivity contribution in [3.8, 4) is 17.0 Å². The molecule has 5 heteroatoms. The number of amides is 1. The van der Waals surface area contributed by atoms with Crippen molar-refractivity contribution in [2.75, 3.05) is 7.11 Å². The zero-order chi connectivity index (χ0) is 14.1. The third kappa shape index (κ3) is 1.99. The Hall–Kier alpha value is -2.82. The van der Waals surface area contributed by atoms with Crippen LogP contribution >= 0.6 is 0 Å². The van der Waals surface area contributed by atoms with Crippen LogP contribution in [0, 0.1) is 0 Å². The van der Waals surface area contributed by atoms with Crippen LogP contribution in [0.4, 0.5) is 4.79 Å². The molecule has 0 fully saturated rings. The van der Waals surface area contributed by atoms with E-state index in [1.54, 1.807) is 13.3 Å². The van der Waals surface area contributed by atoms with Crippen molar-refractivity contribution in [1.82, 2.24) is 9.55 Å². The van der Waals surface area contributed by atoms with Crippen LogP contribution < -0.4 is 10.5 Å². The van der Waals surface area contributed by atoms with Gasteiger partial charge in [0.05, 0.1) is 12.8 Å². The lowest BCUT2D eigenvalue weighted by molar-refractivity contribution is 0.251. The first-order valence-electron chi connectivity index (χ1n) is 6.11. The molecule has 0 spiro atoms. The van der Waals surface area contributed by atoms with Gasteiger partial charge in [0, 0.05) is 17.1 Å². The molecule has 2 N–H and O–H groups in total. The summed E-state index contributed by atoms with van der Waals surface area (Å²) < 4.78 is 6.46. The Labute approximate surface area is 115 Å². The van der Waals surface area contributed by atoms with Crippen molar-refractivity contribution in [2.24, 2.45) is 5.73 Å². The first kappa shape index (κ1) is 12.2. The van der Waals surface area contributed by atoms with Gasteiger partial charge in [0.1, 0.15) is 11.4 Å². The lowest BCUT2D eigenvalue weighted by atomic mass is 10.1. The highest BCUT2D eigenvalue weighted by Crippen LogP contribution is 2.23. The SMILES string of the molecule is COc1ccc(-c2ccc3ccn(C(N)=O)c3n2)cc1. The molecule has 0 unspecified atom stereocenters. The van der Waals surface area contributed by atoms with Gasteiger partial charge in [-0.05, 0) is 42.5 Å². The molecule has 1 aromatic carbocycles. The van der Waals surface area contributed by atoms with Crippen LogP contribution in [0.15, 0.2) is 48.7 Å². The number of rotatable bonds is 2. The van der Waals surface area contributed by atoms with E-state index in [9.17, 15) is 4.79 Å². The fourth-order valence-corrected chi connectivity index (χ4v) is 2.11. The number of primary amides is 1. The summed E-state index contributed by atoms with van der Waals surface area (Å²) in [6.45, 7) is 0. The summed E-state index contributed by atoms with van der Waals surface area (Å²) >= 11 is 0. The van der Waals surface area contributed by atoms with Crippen molar-refractivity contribution in [3.63, 3.8) is 0 Å². The first-order valence-corrected chi connectivity index (χ1v) is 6.11. The standard InChI is InChI=1S/C15H13N3O2/c1-20-12-5-2-10(3-6-12)13-7-4-11-8-9-18(15(16)19)14(11)17-13/h2-9H,1H3,(H2,16,19). The van der Waals surface area contributed by atoms with Crippen LogP contribution in [0.1, 0.15) is 0 Å². The maximum absolute atomic E-state index is 11.3. The van der Waals surface area contributed by atoms with Crippen molar-refractivity contribution in [2.45, 2.75) is 0 Å². The molecule has 0 aliphatic carbocycles. The molecule has 0 saturated heterocycles. The number of nitrogens with two attached hydrogens (primary N) is 1. The fourth-order valence-electron chi connectivity index (χ4n) is 2.11. The molecule has 0 saturated carbocycles. The minimum atomic E-state index is -0.542. The number of carbonyl (C=O) groups is 1. The second-order valence-electron chi connectivity index (χ2n) is 4.36. The average Bonchev–Trinajstić information content (AvgIpc) is 2.90. The van der Waals surface area contributed by atoms with Crippen LogP contribution in [0.2, 0.25) is 0 Å². The van der Waals surface area contributed by atoms with Crippen LogP contribution in [0.5, 0.6) is 5.75 Å². The van der Waals surface area contributed by atoms with Gasteiger partial charge in [0.15, 0.2) is 0 Å². The summed E-state index contributed by atoms with van der Waals surface area (Å²) in [5.74, 6) is 0.787. The first-order chi connectivity index (χ1) is 9.69. The summed E-state index contributed by atoms with van der Waals surface area (Å²) in [4.78, 5) is 15.8. The average molecular weight is 267 g/mol. The summed E-state index contributed by atoms with van der Waals surface area (Å²) in [6.07, 6.45) is 1.62. The lowest BCUT2D eigenvalue weighted by Crippen LogP contribution is -2.18. The Kier molecular flexibility index (Phi) is 2.87. The molecular formula is C15H13N3O2. The predicted octanol–water partition coefficient (Wildman–Crippen LogP) is 2.64. The van der Waals surface area contributed by atoms with Crippen LogP contribution in [0.3, 0.4) is 0 Å². The number of fused-ring (bicyclic) bond motifs is 1. The number of nitrogens with zero attached hydrogens (tertiary/aromatic N) is 2. The van der Waals surface area contributed by atoms with Gasteiger partial charge < -0.3 is 10.5 Å². The normalized spacial score (nSPS) is 10.7. The van der Waals surface area contributed by atoms with Crippen molar-refractivity contribution in [3.05, 3.63) is 48.7 Å². The number of benzene rings is 1. The molecule has 100 valence electrons. The van der Waals surface area contributed by atoms with E-state index in [0.717, 1.165) is 22.4 Å². The number of hydrogen-bond acceptors (Lipinski definition) is 3. The number of ether oxygens (including phenoxy) is 1. The van der Waals surface area contributed by atoms with Gasteiger partial charge in [0.2, 0.25) is 0 Å². The number of aromatic nitrogens is 2. The molecule has 0 bridgehead atoms. The number of carbonyl (C=O) groups excluding carboxylic acids is 1. The molecule has 2 heterocycles. The third-order valence-corrected chi connectivity index (χ3v) is 3.16. The number of methoxy groups -OCH3 is 1. The maximum atomic E-state index is 11.3. The van der Waals surface area contributed by atoms with Gasteiger partial charge in [-0.2, -0.15) is 0 Å². The third-order valence-electron chi connectivity index (χ3n) is 3.16. The van der Waals surface area contributed by atoms with E-state index in [2.05, 4.69) is 4.98 Å². The Morgan fingerprint density at radius 1 is 1.15 bits per heavy atom. The summed E-state index contributed by atoms with van der Waals surface area (Å²) in [5.41, 5.74) is 7.61. The number of hydrogen-bond donors (Lipinski definition) is 1. The highest BCUT2D eigenvalue weighted by atomic mass is 16.5. The van der Waals surface area contributed by atoms with E-state index >= 15 is 0 Å². The second kappa shape index (κ2) is 4.70. The van der Waals surface area contributed by atoms with E-state index in [-0.39, 0.29) is 0 Å². The van der Waals surface area contributed by atoms with Gasteiger partial charge in [-0.15, -0.1) is 0 Å². The summed E-state index contributed by atoms with van der Waals surface area (Å²) in [5, 5.41) is 0.876. The largest absolute Gasteiger partial charge is 0.497 e. The Morgan fingerprint density at radius 2 is 1.90 bits per heavy atom. The minimum absolute atomic E-state index is 0.542. The fraction of sp³-hybridized carbons (Fsp3) is 0.0667. The topological polar surface area (TPSA) is 70.1 Å². The highest BCUT2D eigenvalue weighted by Gasteiger charge is 2.08. The molecule has 2 aromatic heterocycles. The molecular weight excluding hydrogens is 254 g/mol. The Bertz CT molecular complexity index is 775. The lowest BCUT2D eigenvalue weighted by Gasteiger charge is -2.04. The molecule has 0 atom stereocenters. The quantitative estimate of drug-likeness (QED) is 0.776. The zero-order valence-corrected chi connectivity index (χ0v) is 10.9. The van der Waals surface area contributed by atoms with Gasteiger partial charge in [-0.3, -0.25) is 4.57 Å². The molecule has 0 aliphatic heterocycles. The smallest absolute Gasteiger partial charge is 0.324 e. The van der Waals surface area contributed by atoms with Crippen molar-refractivity contribution in [1.29, 1.82) is 0 Å². The van der Waals surface area contributed by atoms with E-state index in [1.807, 2.05) is 42.5 Å². The molecule has 0 radical (unpaired) electrons. The van der Waals surface area contributed by atoms with Gasteiger partial charge in [-0.1, -0.05) is 0 Å². The molecule has 3 aromatic rings. The van der Waals surface area contributed by atoms with Crippen molar-refractivity contribution >= 4 is 17.1 Å². The minimum Gasteiger partial charge on any atom is -0.497 e. The summed E-state index contributed by atoms with van der Waals surface area (Å²) in [7, 11) is 1.62. The highest BCUT2D eigenvalue weighted by molar-refractivity contribution is 5.89. The van der Waals surface area contributed by atoms with E-state index < -0.39 is 6.03 Å². The monoisotopic (exact) mass is 267 g/mol. The second-order valence-corrected chi connectivity index (χ2v) is 4.36. The molecule has 0 aliphatic rings. The van der Waals surface area contributed by atoms with Gasteiger partial charge >= 0.3 is 6.03 Å². The summed E-state index contributed by atoms with van der Waals surface area (Å²) in [6, 6.07) is 12.7. The van der Waals surface area contributed by atoms with Gasteiger partial charge in [-0.25, -0.2) is 9.78 Å². The van der Waals surface area contributed by atoms with Crippen LogP contribution in [0.25, 0.3) is 22.3 Å². The van der Waals surface area contributed by atoms with E-state index in [0.29, 0.717) is 5.65 Å². The van der Waals surface area contributed by atoms with E-state index in [4.69, 9.17) is 10.5 Å². The molecule has 5 nitrogen and oxygen atoms in total. The van der Waals surface area contributed by atoms with Gasteiger partial charge in [0.25, 0.3) is 0 Å². The Morgan fingerprint density at radius 3 is 2.55 bits per heavy atom.